The Kier molecular flexibility index (Phi) is 4.84. The molecule has 30 heavy (non-hydrogen) atoms. The van der Waals surface area contributed by atoms with Crippen LogP contribution in [0, 0.1) is 5.82 Å². The molecule has 8 nitrogen and oxygen atoms in total. The summed E-state index contributed by atoms with van der Waals surface area (Å²) < 4.78 is 29.7. The van der Waals surface area contributed by atoms with E-state index in [-0.39, 0.29) is 31.0 Å². The van der Waals surface area contributed by atoms with Gasteiger partial charge in [-0.1, -0.05) is 6.58 Å². The average molecular weight is 417 g/mol. The number of hydrogen-bond acceptors (Lipinski definition) is 6. The van der Waals surface area contributed by atoms with Crippen LogP contribution >= 0.6 is 0 Å². The number of alkyl halides is 1. The van der Waals surface area contributed by atoms with E-state index in [1.165, 1.54) is 11.0 Å². The molecule has 10 heteroatoms. The Bertz CT molecular complexity index is 995. The highest BCUT2D eigenvalue weighted by Crippen LogP contribution is 2.43. The molecule has 0 bridgehead atoms. The zero-order valence-corrected chi connectivity index (χ0v) is 17.3. The van der Waals surface area contributed by atoms with Gasteiger partial charge in [0.2, 0.25) is 0 Å². The third-order valence-corrected chi connectivity index (χ3v) is 6.06. The van der Waals surface area contributed by atoms with Crippen LogP contribution in [0.3, 0.4) is 0 Å². The number of aromatic amines is 1. The molecule has 0 aromatic carbocycles. The first kappa shape index (κ1) is 20.4. The third kappa shape index (κ3) is 3.24. The van der Waals surface area contributed by atoms with E-state index in [1.54, 1.807) is 0 Å². The highest BCUT2D eigenvalue weighted by atomic mass is 19.1. The Labute approximate surface area is 173 Å². The third-order valence-electron chi connectivity index (χ3n) is 6.06. The standard InChI is InChI=1S/C20H25F2N7O/c1-5-14-23-10-13(21)17(24-14)25-16-12-11-29(19(2,3)15(12)26-27-16)18(30)20(22)6-8-28(4)9-7-20/h5,10H,1,6-9,11H2,2-4H3,(H2,23,24,25,26,27). The van der Waals surface area contributed by atoms with Crippen LogP contribution in [0.1, 0.15) is 43.8 Å². The van der Waals surface area contributed by atoms with Gasteiger partial charge in [-0.25, -0.2) is 18.7 Å². The molecule has 2 aliphatic heterocycles. The van der Waals surface area contributed by atoms with Gasteiger partial charge in [-0.05, 0) is 27.0 Å². The minimum Gasteiger partial charge on any atom is -0.325 e. The van der Waals surface area contributed by atoms with Crippen molar-refractivity contribution in [3.63, 3.8) is 0 Å². The van der Waals surface area contributed by atoms with Crippen LogP contribution in [0.5, 0.6) is 0 Å². The van der Waals surface area contributed by atoms with Gasteiger partial charge in [-0.3, -0.25) is 9.89 Å². The summed E-state index contributed by atoms with van der Waals surface area (Å²) in [6, 6.07) is 0. The first-order valence-electron chi connectivity index (χ1n) is 9.85. The molecule has 2 aromatic rings. The number of carbonyl (C=O) groups is 1. The van der Waals surface area contributed by atoms with Crippen LogP contribution in [0.2, 0.25) is 0 Å². The Morgan fingerprint density at radius 2 is 2.03 bits per heavy atom. The number of anilines is 2. The van der Waals surface area contributed by atoms with Crippen LogP contribution in [0.15, 0.2) is 12.8 Å². The number of piperidine rings is 1. The van der Waals surface area contributed by atoms with Crippen molar-refractivity contribution in [3.05, 3.63) is 35.7 Å². The lowest BCUT2D eigenvalue weighted by molar-refractivity contribution is -0.153. The quantitative estimate of drug-likeness (QED) is 0.795. The van der Waals surface area contributed by atoms with E-state index >= 15 is 4.39 Å². The van der Waals surface area contributed by atoms with Crippen LogP contribution < -0.4 is 5.32 Å². The molecular weight excluding hydrogens is 392 g/mol. The molecular formula is C20H25F2N7O. The summed E-state index contributed by atoms with van der Waals surface area (Å²) in [6.07, 6.45) is 2.79. The number of amides is 1. The summed E-state index contributed by atoms with van der Waals surface area (Å²) in [6.45, 7) is 8.51. The monoisotopic (exact) mass is 417 g/mol. The Morgan fingerprint density at radius 3 is 2.70 bits per heavy atom. The summed E-state index contributed by atoms with van der Waals surface area (Å²) >= 11 is 0. The molecule has 0 spiro atoms. The number of nitrogens with one attached hydrogen (secondary N) is 2. The normalized spacial score (nSPS) is 20.1. The van der Waals surface area contributed by atoms with Crippen molar-refractivity contribution < 1.29 is 13.6 Å². The lowest BCUT2D eigenvalue weighted by Gasteiger charge is -2.40. The van der Waals surface area contributed by atoms with Crippen molar-refractivity contribution in [3.8, 4) is 0 Å². The number of H-pyrrole nitrogens is 1. The minimum absolute atomic E-state index is 0.0472. The SMILES string of the molecule is C=Cc1ncc(F)c(Nc2n[nH]c3c2CN(C(=O)C2(F)CCN(C)CC2)C3(C)C)n1. The highest BCUT2D eigenvalue weighted by molar-refractivity contribution is 5.87. The van der Waals surface area contributed by atoms with Crippen LogP contribution in [-0.4, -0.2) is 61.7 Å². The van der Waals surface area contributed by atoms with Gasteiger partial charge in [0.05, 0.1) is 24.0 Å². The van der Waals surface area contributed by atoms with Crippen LogP contribution in [0.4, 0.5) is 20.4 Å². The van der Waals surface area contributed by atoms with E-state index in [2.05, 4.69) is 32.1 Å². The molecule has 0 radical (unpaired) electrons. The first-order valence-corrected chi connectivity index (χ1v) is 9.85. The molecule has 160 valence electrons. The number of carbonyl (C=O) groups excluding carboxylic acids is 1. The van der Waals surface area contributed by atoms with Gasteiger partial charge in [0.15, 0.2) is 28.9 Å². The van der Waals surface area contributed by atoms with Crippen LogP contribution in [-0.2, 0) is 16.9 Å². The molecule has 2 aliphatic rings. The Morgan fingerprint density at radius 1 is 1.33 bits per heavy atom. The fraction of sp³-hybridized carbons (Fsp3) is 0.500. The average Bonchev–Trinajstić information content (AvgIpc) is 3.23. The number of rotatable bonds is 4. The van der Waals surface area contributed by atoms with Crippen molar-refractivity contribution in [1.82, 2.24) is 30.0 Å². The highest BCUT2D eigenvalue weighted by Gasteiger charge is 2.51. The Balaban J connectivity index is 1.61. The molecule has 1 fully saturated rings. The predicted molar refractivity (Wildman–Crippen MR) is 108 cm³/mol. The lowest BCUT2D eigenvalue weighted by atomic mass is 9.90. The van der Waals surface area contributed by atoms with Crippen molar-refractivity contribution in [2.45, 2.75) is 44.4 Å². The van der Waals surface area contributed by atoms with Gasteiger partial charge in [0.25, 0.3) is 5.91 Å². The number of hydrogen-bond donors (Lipinski definition) is 2. The van der Waals surface area contributed by atoms with Gasteiger partial charge < -0.3 is 15.1 Å². The maximum atomic E-state index is 15.5. The molecule has 1 saturated heterocycles. The van der Waals surface area contributed by atoms with E-state index in [9.17, 15) is 9.18 Å². The summed E-state index contributed by atoms with van der Waals surface area (Å²) in [7, 11) is 1.92. The number of fused-ring (bicyclic) bond motifs is 1. The summed E-state index contributed by atoms with van der Waals surface area (Å²) in [4.78, 5) is 24.6. The summed E-state index contributed by atoms with van der Waals surface area (Å²) in [5.74, 6) is -0.592. The zero-order chi connectivity index (χ0) is 21.7. The van der Waals surface area contributed by atoms with Crippen molar-refractivity contribution >= 4 is 23.6 Å². The van der Waals surface area contributed by atoms with E-state index in [1.807, 2.05) is 25.8 Å². The van der Waals surface area contributed by atoms with Gasteiger partial charge in [0.1, 0.15) is 0 Å². The first-order chi connectivity index (χ1) is 14.2. The molecule has 1 amide bonds. The van der Waals surface area contributed by atoms with Gasteiger partial charge in [-0.15, -0.1) is 0 Å². The predicted octanol–water partition coefficient (Wildman–Crippen LogP) is 2.74. The number of likely N-dealkylation sites (tertiary alicyclic amines) is 1. The second-order valence-electron chi connectivity index (χ2n) is 8.40. The molecule has 0 saturated carbocycles. The smallest absolute Gasteiger partial charge is 0.261 e. The van der Waals surface area contributed by atoms with Crippen LogP contribution in [0.25, 0.3) is 6.08 Å². The zero-order valence-electron chi connectivity index (χ0n) is 17.3. The summed E-state index contributed by atoms with van der Waals surface area (Å²) in [5.41, 5.74) is -1.29. The topological polar surface area (TPSA) is 90.0 Å². The second kappa shape index (κ2) is 7.12. The second-order valence-corrected chi connectivity index (χ2v) is 8.40. The maximum absolute atomic E-state index is 15.5. The van der Waals surface area contributed by atoms with E-state index < -0.39 is 22.9 Å². The van der Waals surface area contributed by atoms with Gasteiger partial charge >= 0.3 is 0 Å². The van der Waals surface area contributed by atoms with E-state index in [4.69, 9.17) is 0 Å². The molecule has 2 aromatic heterocycles. The van der Waals surface area contributed by atoms with Crippen molar-refractivity contribution in [2.24, 2.45) is 0 Å². The fourth-order valence-corrected chi connectivity index (χ4v) is 4.05. The van der Waals surface area contributed by atoms with Gasteiger partial charge in [-0.2, -0.15) is 5.10 Å². The molecule has 4 heterocycles. The largest absolute Gasteiger partial charge is 0.325 e. The molecule has 0 atom stereocenters. The molecule has 0 unspecified atom stereocenters. The molecule has 4 rings (SSSR count). The molecule has 2 N–H and O–H groups in total. The van der Waals surface area contributed by atoms with Crippen molar-refractivity contribution in [1.29, 1.82) is 0 Å². The van der Waals surface area contributed by atoms with E-state index in [0.29, 0.717) is 30.2 Å². The van der Waals surface area contributed by atoms with Gasteiger partial charge in [0, 0.05) is 31.5 Å². The number of nitrogens with zero attached hydrogens (tertiary/aromatic N) is 5. The maximum Gasteiger partial charge on any atom is 0.261 e. The number of aromatic nitrogens is 4. The van der Waals surface area contributed by atoms with Crippen molar-refractivity contribution in [2.75, 3.05) is 25.5 Å². The molecule has 0 aliphatic carbocycles. The number of halogens is 2. The van der Waals surface area contributed by atoms with E-state index in [0.717, 1.165) is 6.20 Å². The minimum atomic E-state index is -1.88. The fourth-order valence-electron chi connectivity index (χ4n) is 4.05. The summed E-state index contributed by atoms with van der Waals surface area (Å²) in [5, 5.41) is 10.0. The Hall–Kier alpha value is -2.88. The lowest BCUT2D eigenvalue weighted by Crippen LogP contribution is -2.54.